The summed E-state index contributed by atoms with van der Waals surface area (Å²) in [7, 11) is 0. The third-order valence-electron chi connectivity index (χ3n) is 6.12. The summed E-state index contributed by atoms with van der Waals surface area (Å²) < 4.78 is 2.22. The lowest BCUT2D eigenvalue weighted by molar-refractivity contribution is -0.384. The van der Waals surface area contributed by atoms with Crippen molar-refractivity contribution in [1.82, 2.24) is 9.55 Å². The molecule has 6 rings (SSSR count). The van der Waals surface area contributed by atoms with Gasteiger partial charge in [-0.1, -0.05) is 36.4 Å². The highest BCUT2D eigenvalue weighted by Gasteiger charge is 2.15. The molecule has 0 bridgehead atoms. The van der Waals surface area contributed by atoms with Crippen molar-refractivity contribution in [3.63, 3.8) is 0 Å². The van der Waals surface area contributed by atoms with Crippen LogP contribution in [0.3, 0.4) is 0 Å². The number of non-ortho nitro benzene ring substituents is 2. The predicted octanol–water partition coefficient (Wildman–Crippen LogP) is 7.51. The summed E-state index contributed by atoms with van der Waals surface area (Å²) in [6.07, 6.45) is 0. The molecule has 35 heavy (non-hydrogen) atoms. The monoisotopic (exact) mass is 466 g/mol. The topological polar surface area (TPSA) is 107 Å². The first-order valence-electron chi connectivity index (χ1n) is 11.2. The van der Waals surface area contributed by atoms with Crippen LogP contribution in [-0.4, -0.2) is 19.4 Å². The lowest BCUT2D eigenvalue weighted by Crippen LogP contribution is -1.99. The molecule has 8 heteroatoms. The first kappa shape index (κ1) is 22.1. The minimum atomic E-state index is -0.374. The number of benzene rings is 4. The second-order valence-electron chi connectivity index (χ2n) is 8.60. The molecular formula is C27H22N4O4. The van der Waals surface area contributed by atoms with Gasteiger partial charge in [-0.3, -0.25) is 20.2 Å². The molecule has 2 heterocycles. The van der Waals surface area contributed by atoms with Crippen LogP contribution >= 0.6 is 0 Å². The Kier molecular flexibility index (Phi) is 5.41. The molecule has 2 aromatic heterocycles. The molecule has 0 aliphatic heterocycles. The number of H-pyrrole nitrogens is 1. The molecule has 0 aliphatic carbocycles. The van der Waals surface area contributed by atoms with E-state index in [1.165, 1.54) is 6.07 Å². The number of hydrogen-bond donors (Lipinski definition) is 1. The maximum Gasteiger partial charge on any atom is 0.270 e. The molecule has 0 radical (unpaired) electrons. The highest BCUT2D eigenvalue weighted by Crippen LogP contribution is 2.33. The fraction of sp³-hybridized carbons (Fsp3) is 0.111. The van der Waals surface area contributed by atoms with Crippen LogP contribution in [0.5, 0.6) is 0 Å². The maximum atomic E-state index is 10.9. The van der Waals surface area contributed by atoms with Crippen molar-refractivity contribution in [2.75, 3.05) is 0 Å². The minimum Gasteiger partial charge on any atom is -0.355 e. The summed E-state index contributed by atoms with van der Waals surface area (Å²) in [5, 5.41) is 25.5. The Morgan fingerprint density at radius 2 is 1.20 bits per heavy atom. The fourth-order valence-corrected chi connectivity index (χ4v) is 4.61. The Morgan fingerprint density at radius 3 is 1.89 bits per heavy atom. The van der Waals surface area contributed by atoms with Crippen molar-refractivity contribution in [2.24, 2.45) is 0 Å². The van der Waals surface area contributed by atoms with Gasteiger partial charge in [0.05, 0.1) is 9.85 Å². The van der Waals surface area contributed by atoms with Gasteiger partial charge in [0.25, 0.3) is 11.4 Å². The van der Waals surface area contributed by atoms with E-state index in [0.29, 0.717) is 6.04 Å². The Balaban J connectivity index is 0.000000147. The third kappa shape index (κ3) is 3.85. The molecule has 174 valence electrons. The summed E-state index contributed by atoms with van der Waals surface area (Å²) in [5.41, 5.74) is 4.34. The molecule has 0 saturated heterocycles. The zero-order valence-electron chi connectivity index (χ0n) is 19.1. The molecule has 0 aliphatic rings. The minimum absolute atomic E-state index is 0.122. The number of nitrogens with one attached hydrogen (secondary N) is 1. The normalized spacial score (nSPS) is 11.3. The van der Waals surface area contributed by atoms with Crippen molar-refractivity contribution in [2.45, 2.75) is 19.9 Å². The van der Waals surface area contributed by atoms with Crippen LogP contribution in [0.2, 0.25) is 0 Å². The summed E-state index contributed by atoms with van der Waals surface area (Å²) >= 11 is 0. The fourth-order valence-electron chi connectivity index (χ4n) is 4.61. The van der Waals surface area contributed by atoms with E-state index in [2.05, 4.69) is 29.5 Å². The molecule has 8 nitrogen and oxygen atoms in total. The zero-order chi connectivity index (χ0) is 24.7. The van der Waals surface area contributed by atoms with E-state index in [1.54, 1.807) is 24.3 Å². The van der Waals surface area contributed by atoms with Crippen molar-refractivity contribution in [3.8, 4) is 0 Å². The second-order valence-corrected chi connectivity index (χ2v) is 8.60. The van der Waals surface area contributed by atoms with Crippen molar-refractivity contribution < 1.29 is 9.85 Å². The highest BCUT2D eigenvalue weighted by molar-refractivity contribution is 6.09. The van der Waals surface area contributed by atoms with Gasteiger partial charge in [-0.15, -0.1) is 0 Å². The molecule has 0 saturated carbocycles. The average molecular weight is 466 g/mol. The van der Waals surface area contributed by atoms with Gasteiger partial charge in [0, 0.05) is 73.9 Å². The number of hydrogen-bond acceptors (Lipinski definition) is 4. The molecule has 1 N–H and O–H groups in total. The lowest BCUT2D eigenvalue weighted by atomic mass is 10.1. The first-order valence-corrected chi connectivity index (χ1v) is 11.2. The number of nitro benzene ring substituents is 2. The predicted molar refractivity (Wildman–Crippen MR) is 139 cm³/mol. The summed E-state index contributed by atoms with van der Waals surface area (Å²) in [6, 6.07) is 26.0. The quantitative estimate of drug-likeness (QED) is 0.215. The zero-order valence-corrected chi connectivity index (χ0v) is 19.1. The SMILES string of the molecule is CC(C)n1c2ccccc2c2cc([N+](=O)[O-])ccc21.O=[N+]([O-])c1ccc2[nH]c3ccccc3c2c1. The number of aromatic amines is 1. The van der Waals surface area contributed by atoms with Gasteiger partial charge in [-0.2, -0.15) is 0 Å². The van der Waals surface area contributed by atoms with Crippen LogP contribution in [0, 0.1) is 20.2 Å². The number of fused-ring (bicyclic) bond motifs is 6. The number of nitro groups is 2. The first-order chi connectivity index (χ1) is 16.8. The van der Waals surface area contributed by atoms with Crippen molar-refractivity contribution in [1.29, 1.82) is 0 Å². The average Bonchev–Trinajstić information content (AvgIpc) is 3.39. The number of aromatic nitrogens is 2. The summed E-state index contributed by atoms with van der Waals surface area (Å²) in [4.78, 5) is 24.1. The van der Waals surface area contributed by atoms with Gasteiger partial charge in [0.1, 0.15) is 0 Å². The van der Waals surface area contributed by atoms with E-state index in [1.807, 2.05) is 48.5 Å². The molecule has 0 spiro atoms. The van der Waals surface area contributed by atoms with Gasteiger partial charge in [0.15, 0.2) is 0 Å². The molecule has 0 atom stereocenters. The van der Waals surface area contributed by atoms with Crippen LogP contribution in [0.4, 0.5) is 11.4 Å². The van der Waals surface area contributed by atoms with E-state index < -0.39 is 0 Å². The molecule has 6 aromatic rings. The van der Waals surface area contributed by atoms with E-state index in [-0.39, 0.29) is 21.2 Å². The van der Waals surface area contributed by atoms with E-state index in [4.69, 9.17) is 0 Å². The number of nitrogens with zero attached hydrogens (tertiary/aromatic N) is 3. The lowest BCUT2D eigenvalue weighted by Gasteiger charge is -2.11. The molecular weight excluding hydrogens is 444 g/mol. The Labute approximate surface area is 199 Å². The molecule has 4 aromatic carbocycles. The third-order valence-corrected chi connectivity index (χ3v) is 6.12. The van der Waals surface area contributed by atoms with Crippen LogP contribution in [0.15, 0.2) is 84.9 Å². The molecule has 0 unspecified atom stereocenters. The second kappa shape index (κ2) is 8.57. The molecule has 0 fully saturated rings. The molecule has 0 amide bonds. The maximum absolute atomic E-state index is 10.9. The Morgan fingerprint density at radius 1 is 0.657 bits per heavy atom. The van der Waals surface area contributed by atoms with Gasteiger partial charge in [-0.25, -0.2) is 0 Å². The standard InChI is InChI=1S/C15H14N2O2.C12H8N2O2/c1-10(2)16-14-6-4-3-5-12(14)13-9-11(17(18)19)7-8-15(13)16;15-14(16)8-5-6-12-10(7-8)9-3-1-2-4-11(9)13-12/h3-10H,1-2H3;1-7,13H. The van der Waals surface area contributed by atoms with E-state index in [9.17, 15) is 20.2 Å². The summed E-state index contributed by atoms with van der Waals surface area (Å²) in [6.45, 7) is 4.24. The largest absolute Gasteiger partial charge is 0.355 e. The Bertz CT molecular complexity index is 1750. The van der Waals surface area contributed by atoms with Crippen LogP contribution < -0.4 is 0 Å². The van der Waals surface area contributed by atoms with E-state index in [0.717, 1.165) is 43.6 Å². The summed E-state index contributed by atoms with van der Waals surface area (Å²) in [5.74, 6) is 0. The van der Waals surface area contributed by atoms with Crippen molar-refractivity contribution >= 4 is 55.0 Å². The number of para-hydroxylation sites is 2. The van der Waals surface area contributed by atoms with E-state index >= 15 is 0 Å². The van der Waals surface area contributed by atoms with Crippen molar-refractivity contribution in [3.05, 3.63) is 105 Å². The van der Waals surface area contributed by atoms with Crippen LogP contribution in [0.1, 0.15) is 19.9 Å². The van der Waals surface area contributed by atoms with Gasteiger partial charge < -0.3 is 9.55 Å². The Hall–Kier alpha value is -4.72. The smallest absolute Gasteiger partial charge is 0.270 e. The van der Waals surface area contributed by atoms with Gasteiger partial charge >= 0.3 is 0 Å². The van der Waals surface area contributed by atoms with Gasteiger partial charge in [0.2, 0.25) is 0 Å². The van der Waals surface area contributed by atoms with Gasteiger partial charge in [-0.05, 0) is 38.1 Å². The highest BCUT2D eigenvalue weighted by atomic mass is 16.6. The number of rotatable bonds is 3. The van der Waals surface area contributed by atoms with Crippen LogP contribution in [0.25, 0.3) is 43.6 Å². The van der Waals surface area contributed by atoms with Crippen LogP contribution in [-0.2, 0) is 0 Å².